The number of rotatable bonds is 5. The van der Waals surface area contributed by atoms with Crippen molar-refractivity contribution >= 4 is 40.0 Å². The van der Waals surface area contributed by atoms with Crippen molar-refractivity contribution in [3.05, 3.63) is 57.7 Å². The van der Waals surface area contributed by atoms with Crippen LogP contribution >= 0.6 is 23.2 Å². The summed E-state index contributed by atoms with van der Waals surface area (Å²) in [6.07, 6.45) is -1.73. The Bertz CT molecular complexity index is 1200. The van der Waals surface area contributed by atoms with Gasteiger partial charge in [-0.1, -0.05) is 29.3 Å². The Morgan fingerprint density at radius 1 is 1.19 bits per heavy atom. The maximum Gasteiger partial charge on any atom is 0.240 e. The second-order valence-electron chi connectivity index (χ2n) is 7.79. The molecule has 32 heavy (non-hydrogen) atoms. The molecule has 5 rings (SSSR count). The molecule has 1 fully saturated rings. The van der Waals surface area contributed by atoms with E-state index in [1.807, 2.05) is 28.9 Å². The van der Waals surface area contributed by atoms with Gasteiger partial charge >= 0.3 is 0 Å². The lowest BCUT2D eigenvalue weighted by Crippen LogP contribution is -2.47. The molecule has 1 aromatic heterocycles. The summed E-state index contributed by atoms with van der Waals surface area (Å²) in [7, 11) is 1.60. The number of nitrogens with zero attached hydrogens (tertiary/aromatic N) is 3. The number of fused-ring (bicyclic) bond motifs is 2. The van der Waals surface area contributed by atoms with Gasteiger partial charge in [0.15, 0.2) is 5.69 Å². The fraction of sp³-hybridized carbons (Fsp3) is 0.364. The number of benzene rings is 2. The number of aliphatic imine (C=N–C) groups is 1. The van der Waals surface area contributed by atoms with Crippen molar-refractivity contribution in [1.82, 2.24) is 9.78 Å². The molecule has 3 heterocycles. The van der Waals surface area contributed by atoms with Gasteiger partial charge in [-0.2, -0.15) is 5.10 Å². The van der Waals surface area contributed by atoms with Crippen LogP contribution in [0, 0.1) is 0 Å². The lowest BCUT2D eigenvalue weighted by Gasteiger charge is -2.32. The second kappa shape index (κ2) is 8.53. The Morgan fingerprint density at radius 2 is 2.03 bits per heavy atom. The minimum atomic E-state index is -0.770. The zero-order chi connectivity index (χ0) is 22.4. The number of aromatic nitrogens is 2. The van der Waals surface area contributed by atoms with Crippen LogP contribution in [0.15, 0.2) is 41.4 Å². The molecule has 4 atom stereocenters. The molecule has 2 aliphatic rings. The van der Waals surface area contributed by atoms with Gasteiger partial charge in [-0.05, 0) is 29.8 Å². The van der Waals surface area contributed by atoms with E-state index in [0.29, 0.717) is 40.4 Å². The van der Waals surface area contributed by atoms with Crippen molar-refractivity contribution in [2.24, 2.45) is 4.99 Å². The molecule has 1 saturated heterocycles. The molecule has 2 aromatic carbocycles. The lowest BCUT2D eigenvalue weighted by molar-refractivity contribution is -0.189. The highest BCUT2D eigenvalue weighted by atomic mass is 35.5. The smallest absolute Gasteiger partial charge is 0.240 e. The molecule has 0 spiro atoms. The molecule has 8 nitrogen and oxygen atoms in total. The van der Waals surface area contributed by atoms with E-state index in [9.17, 15) is 10.2 Å². The molecule has 2 aliphatic heterocycles. The first-order valence-corrected chi connectivity index (χ1v) is 10.9. The molecule has 0 amide bonds. The van der Waals surface area contributed by atoms with Crippen molar-refractivity contribution in [2.75, 3.05) is 13.7 Å². The van der Waals surface area contributed by atoms with Gasteiger partial charge < -0.3 is 24.4 Å². The Labute approximate surface area is 193 Å². The van der Waals surface area contributed by atoms with Gasteiger partial charge in [-0.3, -0.25) is 4.68 Å². The predicted octanol–water partition coefficient (Wildman–Crippen LogP) is 3.01. The number of aliphatic hydroxyl groups is 2. The SMILES string of the molecule is COc1ccc2c(C3=N[C@@H]4C(O)CC(CO)O[C@@H]4O3)nn(Cc3ccc(Cl)c(Cl)c3)c2c1. The molecule has 0 bridgehead atoms. The average molecular weight is 478 g/mol. The quantitative estimate of drug-likeness (QED) is 0.585. The number of methoxy groups -OCH3 is 1. The summed E-state index contributed by atoms with van der Waals surface area (Å²) in [5.74, 6) is 0.979. The fourth-order valence-corrected chi connectivity index (χ4v) is 4.36. The topological polar surface area (TPSA) is 98.3 Å². The highest BCUT2D eigenvalue weighted by Gasteiger charge is 2.44. The number of hydrogen-bond donors (Lipinski definition) is 2. The first-order chi connectivity index (χ1) is 15.5. The summed E-state index contributed by atoms with van der Waals surface area (Å²) in [5, 5.41) is 26.4. The largest absolute Gasteiger partial charge is 0.497 e. The van der Waals surface area contributed by atoms with Crippen LogP contribution in [-0.4, -0.2) is 64.1 Å². The summed E-state index contributed by atoms with van der Waals surface area (Å²) in [6, 6.07) is 10.5. The maximum absolute atomic E-state index is 10.4. The van der Waals surface area contributed by atoms with Crippen molar-refractivity contribution < 1.29 is 24.4 Å². The van der Waals surface area contributed by atoms with Crippen LogP contribution in [0.25, 0.3) is 10.9 Å². The highest BCUT2D eigenvalue weighted by Crippen LogP contribution is 2.33. The summed E-state index contributed by atoms with van der Waals surface area (Å²) < 4.78 is 18.9. The van der Waals surface area contributed by atoms with Gasteiger partial charge in [-0.15, -0.1) is 0 Å². The Morgan fingerprint density at radius 3 is 2.78 bits per heavy atom. The second-order valence-corrected chi connectivity index (χ2v) is 8.61. The Hall–Kier alpha value is -2.36. The van der Waals surface area contributed by atoms with Crippen molar-refractivity contribution in [3.8, 4) is 5.75 Å². The highest BCUT2D eigenvalue weighted by molar-refractivity contribution is 6.42. The third-order valence-corrected chi connectivity index (χ3v) is 6.42. The first-order valence-electron chi connectivity index (χ1n) is 10.1. The van der Waals surface area contributed by atoms with Gasteiger partial charge in [0.1, 0.15) is 11.8 Å². The Kier molecular flexibility index (Phi) is 5.73. The van der Waals surface area contributed by atoms with Crippen LogP contribution in [-0.2, 0) is 16.0 Å². The standard InChI is InChI=1S/C22H21Cl2N3O5/c1-30-12-3-4-14-17(7-12)27(9-11-2-5-15(23)16(24)6-11)26-19(14)21-25-20-18(29)8-13(10-28)31-22(20)32-21/h2-7,13,18,20,22,28-29H,8-10H2,1H3/t13?,18?,20-,22-/m1/s1. The van der Waals surface area contributed by atoms with Crippen molar-refractivity contribution in [3.63, 3.8) is 0 Å². The minimum Gasteiger partial charge on any atom is -0.497 e. The van der Waals surface area contributed by atoms with E-state index in [1.54, 1.807) is 19.2 Å². The van der Waals surface area contributed by atoms with Crippen molar-refractivity contribution in [2.45, 2.75) is 37.5 Å². The van der Waals surface area contributed by atoms with Gasteiger partial charge in [0.25, 0.3) is 0 Å². The van der Waals surface area contributed by atoms with E-state index >= 15 is 0 Å². The van der Waals surface area contributed by atoms with E-state index in [2.05, 4.69) is 4.99 Å². The molecule has 0 saturated carbocycles. The van der Waals surface area contributed by atoms with Crippen molar-refractivity contribution in [1.29, 1.82) is 0 Å². The summed E-state index contributed by atoms with van der Waals surface area (Å²) in [6.45, 7) is 0.242. The number of ether oxygens (including phenoxy) is 3. The molecular weight excluding hydrogens is 457 g/mol. The molecule has 2 unspecified atom stereocenters. The molecule has 3 aromatic rings. The predicted molar refractivity (Wildman–Crippen MR) is 120 cm³/mol. The van der Waals surface area contributed by atoms with Crippen LogP contribution in [0.2, 0.25) is 10.0 Å². The monoisotopic (exact) mass is 477 g/mol. The van der Waals surface area contributed by atoms with E-state index in [1.165, 1.54) is 0 Å². The van der Waals surface area contributed by atoms with Crippen LogP contribution in [0.5, 0.6) is 5.75 Å². The zero-order valence-corrected chi connectivity index (χ0v) is 18.6. The van der Waals surface area contributed by atoms with Gasteiger partial charge in [0, 0.05) is 17.9 Å². The van der Waals surface area contributed by atoms with Crippen LogP contribution < -0.4 is 4.74 Å². The molecule has 0 aliphatic carbocycles. The Balaban J connectivity index is 1.54. The van der Waals surface area contributed by atoms with Crippen LogP contribution in [0.1, 0.15) is 17.7 Å². The third-order valence-electron chi connectivity index (χ3n) is 5.68. The maximum atomic E-state index is 10.4. The number of hydrogen-bond acceptors (Lipinski definition) is 7. The molecule has 2 N–H and O–H groups in total. The number of halogens is 2. The number of aliphatic hydroxyl groups excluding tert-OH is 2. The fourth-order valence-electron chi connectivity index (χ4n) is 4.04. The van der Waals surface area contributed by atoms with Crippen LogP contribution in [0.4, 0.5) is 0 Å². The van der Waals surface area contributed by atoms with E-state index in [4.69, 9.17) is 42.5 Å². The van der Waals surface area contributed by atoms with E-state index < -0.39 is 24.5 Å². The first kappa shape index (κ1) is 21.5. The molecule has 10 heteroatoms. The van der Waals surface area contributed by atoms with Gasteiger partial charge in [-0.25, -0.2) is 4.99 Å². The zero-order valence-electron chi connectivity index (χ0n) is 17.1. The van der Waals surface area contributed by atoms with Gasteiger partial charge in [0.2, 0.25) is 12.2 Å². The normalized spacial score (nSPS) is 24.8. The molecular formula is C22H21Cl2N3O5. The minimum absolute atomic E-state index is 0.194. The summed E-state index contributed by atoms with van der Waals surface area (Å²) in [5.41, 5.74) is 2.28. The molecule has 168 valence electrons. The molecule has 0 radical (unpaired) electrons. The lowest BCUT2D eigenvalue weighted by atomic mass is 10.0. The summed E-state index contributed by atoms with van der Waals surface area (Å²) >= 11 is 12.2. The van der Waals surface area contributed by atoms with E-state index in [-0.39, 0.29) is 6.61 Å². The summed E-state index contributed by atoms with van der Waals surface area (Å²) in [4.78, 5) is 4.56. The third kappa shape index (κ3) is 3.82. The van der Waals surface area contributed by atoms with Crippen LogP contribution in [0.3, 0.4) is 0 Å². The average Bonchev–Trinajstić information content (AvgIpc) is 3.37. The van der Waals surface area contributed by atoms with Gasteiger partial charge in [0.05, 0.1) is 48.0 Å². The van der Waals surface area contributed by atoms with E-state index in [0.717, 1.165) is 16.5 Å².